The Bertz CT molecular complexity index is 1030. The summed E-state index contributed by atoms with van der Waals surface area (Å²) in [5.41, 5.74) is 1.10. The van der Waals surface area contributed by atoms with Crippen LogP contribution in [0.15, 0.2) is 59.4 Å². The third-order valence-electron chi connectivity index (χ3n) is 3.87. The lowest BCUT2D eigenvalue weighted by atomic mass is 10.1. The molecule has 0 aliphatic heterocycles. The zero-order chi connectivity index (χ0) is 20.1. The van der Waals surface area contributed by atoms with Gasteiger partial charge in [0.15, 0.2) is 0 Å². The summed E-state index contributed by atoms with van der Waals surface area (Å²) < 4.78 is 10.8. The van der Waals surface area contributed by atoms with Crippen LogP contribution in [0.2, 0.25) is 0 Å². The number of para-hydroxylation sites is 2. The van der Waals surface area contributed by atoms with Crippen molar-refractivity contribution >= 4 is 11.6 Å². The number of H-pyrrole nitrogens is 1. The van der Waals surface area contributed by atoms with Gasteiger partial charge >= 0.3 is 5.69 Å². The number of nitrogens with one attached hydrogen (secondary N) is 2. The summed E-state index contributed by atoms with van der Waals surface area (Å²) in [7, 11) is 1.57. The van der Waals surface area contributed by atoms with Crippen LogP contribution >= 0.6 is 0 Å². The molecule has 7 heteroatoms. The van der Waals surface area contributed by atoms with Gasteiger partial charge in [0, 0.05) is 5.56 Å². The number of rotatable bonds is 6. The summed E-state index contributed by atoms with van der Waals surface area (Å²) in [5.74, 6) is 0.778. The molecule has 0 radical (unpaired) electrons. The van der Waals surface area contributed by atoms with Crippen LogP contribution in [0.3, 0.4) is 0 Å². The number of carbonyl (C=O) groups excluding carboxylic acids is 1. The molecule has 0 bridgehead atoms. The van der Waals surface area contributed by atoms with E-state index in [1.165, 1.54) is 6.07 Å². The van der Waals surface area contributed by atoms with E-state index in [0.717, 1.165) is 0 Å². The third kappa shape index (κ3) is 4.56. The smallest absolute Gasteiger partial charge is 0.346 e. The van der Waals surface area contributed by atoms with E-state index in [-0.39, 0.29) is 11.8 Å². The van der Waals surface area contributed by atoms with Gasteiger partial charge in [-0.1, -0.05) is 12.1 Å². The quantitative estimate of drug-likeness (QED) is 0.684. The van der Waals surface area contributed by atoms with Gasteiger partial charge in [0.2, 0.25) is 0 Å². The number of methoxy groups -OCH3 is 1. The lowest BCUT2D eigenvalue weighted by Gasteiger charge is -2.14. The van der Waals surface area contributed by atoms with Crippen molar-refractivity contribution in [2.75, 3.05) is 12.4 Å². The fourth-order valence-corrected chi connectivity index (χ4v) is 2.61. The van der Waals surface area contributed by atoms with Gasteiger partial charge in [0.05, 0.1) is 24.6 Å². The second kappa shape index (κ2) is 8.39. The summed E-state index contributed by atoms with van der Waals surface area (Å²) in [4.78, 5) is 31.1. The lowest BCUT2D eigenvalue weighted by molar-refractivity contribution is 0.102. The average molecular weight is 379 g/mol. The molecule has 0 saturated carbocycles. The van der Waals surface area contributed by atoms with Crippen molar-refractivity contribution in [1.82, 2.24) is 9.97 Å². The monoisotopic (exact) mass is 379 g/mol. The Morgan fingerprint density at radius 1 is 1.11 bits per heavy atom. The predicted octanol–water partition coefficient (Wildman–Crippen LogP) is 3.49. The van der Waals surface area contributed by atoms with Gasteiger partial charge in [0.1, 0.15) is 17.2 Å². The maximum atomic E-state index is 12.7. The molecular formula is C21H21N3O4. The number of anilines is 1. The largest absolute Gasteiger partial charge is 0.497 e. The van der Waals surface area contributed by atoms with Crippen molar-refractivity contribution in [1.29, 1.82) is 0 Å². The van der Waals surface area contributed by atoms with Gasteiger partial charge in [-0.05, 0) is 56.3 Å². The molecule has 7 nitrogen and oxygen atoms in total. The second-order valence-electron chi connectivity index (χ2n) is 6.33. The lowest BCUT2D eigenvalue weighted by Crippen LogP contribution is -2.21. The highest BCUT2D eigenvalue weighted by atomic mass is 16.5. The Morgan fingerprint density at radius 2 is 1.82 bits per heavy atom. The van der Waals surface area contributed by atoms with E-state index in [1.807, 2.05) is 19.9 Å². The number of nitrogens with zero attached hydrogens (tertiary/aromatic N) is 1. The third-order valence-corrected chi connectivity index (χ3v) is 3.87. The molecule has 2 N–H and O–H groups in total. The normalized spacial score (nSPS) is 10.6. The molecule has 1 amide bonds. The van der Waals surface area contributed by atoms with Crippen LogP contribution in [0.5, 0.6) is 11.5 Å². The second-order valence-corrected chi connectivity index (χ2v) is 6.33. The number of ether oxygens (including phenoxy) is 2. The molecule has 1 aromatic heterocycles. The SMILES string of the molecule is COc1ccc(-c2cc(C(=O)Nc3ccccc3OC(C)C)[nH]c(=O)n2)cc1. The number of aromatic amines is 1. The highest BCUT2D eigenvalue weighted by molar-refractivity contribution is 6.04. The highest BCUT2D eigenvalue weighted by Crippen LogP contribution is 2.26. The molecule has 0 saturated heterocycles. The average Bonchev–Trinajstić information content (AvgIpc) is 2.68. The van der Waals surface area contributed by atoms with Crippen molar-refractivity contribution in [2.24, 2.45) is 0 Å². The summed E-state index contributed by atoms with van der Waals surface area (Å²) in [6.07, 6.45) is -0.0412. The van der Waals surface area contributed by atoms with Crippen molar-refractivity contribution < 1.29 is 14.3 Å². The molecule has 144 valence electrons. The van der Waals surface area contributed by atoms with Crippen LogP contribution < -0.4 is 20.5 Å². The zero-order valence-electron chi connectivity index (χ0n) is 15.9. The van der Waals surface area contributed by atoms with Gasteiger partial charge in [-0.25, -0.2) is 4.79 Å². The molecule has 1 heterocycles. The van der Waals surface area contributed by atoms with Crippen molar-refractivity contribution in [2.45, 2.75) is 20.0 Å². The van der Waals surface area contributed by atoms with Crippen LogP contribution in [-0.4, -0.2) is 29.1 Å². The molecular weight excluding hydrogens is 358 g/mol. The van der Waals surface area contributed by atoms with Crippen LogP contribution in [-0.2, 0) is 0 Å². The van der Waals surface area contributed by atoms with Gasteiger partial charge in [-0.3, -0.25) is 4.79 Å². The van der Waals surface area contributed by atoms with Crippen molar-refractivity contribution in [3.8, 4) is 22.8 Å². The molecule has 0 fully saturated rings. The molecule has 2 aromatic carbocycles. The number of hydrogen-bond donors (Lipinski definition) is 2. The first-order valence-electron chi connectivity index (χ1n) is 8.79. The van der Waals surface area contributed by atoms with Gasteiger partial charge in [0.25, 0.3) is 5.91 Å². The topological polar surface area (TPSA) is 93.3 Å². The molecule has 3 aromatic rings. The fraction of sp³-hybridized carbons (Fsp3) is 0.190. The van der Waals surface area contributed by atoms with Crippen molar-refractivity contribution in [3.05, 3.63) is 70.8 Å². The molecule has 3 rings (SSSR count). The minimum Gasteiger partial charge on any atom is -0.497 e. The zero-order valence-corrected chi connectivity index (χ0v) is 15.9. The fourth-order valence-electron chi connectivity index (χ4n) is 2.61. The van der Waals surface area contributed by atoms with E-state index in [4.69, 9.17) is 9.47 Å². The summed E-state index contributed by atoms with van der Waals surface area (Å²) in [6.45, 7) is 3.81. The number of benzene rings is 2. The van der Waals surface area contributed by atoms with E-state index >= 15 is 0 Å². The Kier molecular flexibility index (Phi) is 5.74. The van der Waals surface area contributed by atoms with Crippen LogP contribution in [0.25, 0.3) is 11.3 Å². The predicted molar refractivity (Wildman–Crippen MR) is 107 cm³/mol. The molecule has 0 spiro atoms. The van der Waals surface area contributed by atoms with E-state index in [2.05, 4.69) is 15.3 Å². The first kappa shape index (κ1) is 19.2. The maximum Gasteiger partial charge on any atom is 0.346 e. The Hall–Kier alpha value is -3.61. The number of amides is 1. The molecule has 0 aliphatic rings. The highest BCUT2D eigenvalue weighted by Gasteiger charge is 2.14. The minimum absolute atomic E-state index is 0.0412. The van der Waals surface area contributed by atoms with E-state index in [0.29, 0.717) is 28.4 Å². The Morgan fingerprint density at radius 3 is 2.50 bits per heavy atom. The van der Waals surface area contributed by atoms with E-state index in [9.17, 15) is 9.59 Å². The van der Waals surface area contributed by atoms with E-state index < -0.39 is 11.6 Å². The summed E-state index contributed by atoms with van der Waals surface area (Å²) in [5, 5.41) is 2.77. The molecule has 28 heavy (non-hydrogen) atoms. The maximum absolute atomic E-state index is 12.7. The molecule has 0 atom stereocenters. The van der Waals surface area contributed by atoms with Gasteiger partial charge in [-0.2, -0.15) is 4.98 Å². The van der Waals surface area contributed by atoms with Gasteiger partial charge < -0.3 is 19.8 Å². The number of carbonyl (C=O) groups is 1. The van der Waals surface area contributed by atoms with Crippen molar-refractivity contribution in [3.63, 3.8) is 0 Å². The Labute approximate surface area is 162 Å². The number of hydrogen-bond acceptors (Lipinski definition) is 5. The van der Waals surface area contributed by atoms with Crippen LogP contribution in [0.1, 0.15) is 24.3 Å². The standard InChI is InChI=1S/C21H21N3O4/c1-13(2)28-19-7-5-4-6-16(19)22-20(25)18-12-17(23-21(26)24-18)14-8-10-15(27-3)11-9-14/h4-13H,1-3H3,(H,22,25)(H,23,24,26). The Balaban J connectivity index is 1.88. The summed E-state index contributed by atoms with van der Waals surface area (Å²) in [6, 6.07) is 15.7. The van der Waals surface area contributed by atoms with E-state index in [1.54, 1.807) is 49.6 Å². The minimum atomic E-state index is -0.606. The molecule has 0 unspecified atom stereocenters. The first-order valence-corrected chi connectivity index (χ1v) is 8.79. The summed E-state index contributed by atoms with van der Waals surface area (Å²) >= 11 is 0. The first-order chi connectivity index (χ1) is 13.5. The molecule has 0 aliphatic carbocycles. The van der Waals surface area contributed by atoms with Crippen LogP contribution in [0.4, 0.5) is 5.69 Å². The van der Waals surface area contributed by atoms with Crippen LogP contribution in [0, 0.1) is 0 Å². The number of aromatic nitrogens is 2. The van der Waals surface area contributed by atoms with Gasteiger partial charge in [-0.15, -0.1) is 0 Å².